The van der Waals surface area contributed by atoms with E-state index in [1.807, 2.05) is 0 Å². The molecule has 2 saturated heterocycles. The van der Waals surface area contributed by atoms with Gasteiger partial charge in [-0.25, -0.2) is 0 Å². The predicted octanol–water partition coefficient (Wildman–Crippen LogP) is 10.4. The molecule has 208 valence electrons. The number of hydrogen-bond acceptors (Lipinski definition) is 2. The molecule has 2 aliphatic heterocycles. The number of alkyl halides is 1. The topological polar surface area (TPSA) is 6.48 Å². The number of piperidine rings is 2. The fourth-order valence-corrected chi connectivity index (χ4v) is 19.8. The van der Waals surface area contributed by atoms with Gasteiger partial charge in [0, 0.05) is 25.9 Å². The van der Waals surface area contributed by atoms with Crippen molar-refractivity contribution in [3.8, 4) is 0 Å². The third kappa shape index (κ3) is 11.4. The maximum absolute atomic E-state index is 4.64. The minimum atomic E-state index is -0.970. The van der Waals surface area contributed by atoms with Crippen LogP contribution in [0.2, 0.25) is 9.02 Å². The molecule has 0 amide bonds. The molecule has 6 heteroatoms. The van der Waals surface area contributed by atoms with Crippen molar-refractivity contribution in [2.75, 3.05) is 6.38 Å². The second kappa shape index (κ2) is 16.6. The summed E-state index contributed by atoms with van der Waals surface area (Å²) in [4.78, 5) is 0. The minimum Gasteiger partial charge on any atom is -0.130 e. The van der Waals surface area contributed by atoms with E-state index in [1.165, 1.54) is 53.9 Å². The van der Waals surface area contributed by atoms with Gasteiger partial charge < -0.3 is 0 Å². The van der Waals surface area contributed by atoms with Gasteiger partial charge in [-0.15, -0.1) is 11.6 Å². The Morgan fingerprint density at radius 2 is 0.757 bits per heavy atom. The van der Waals surface area contributed by atoms with Crippen LogP contribution < -0.4 is 0 Å². The molecule has 2 saturated carbocycles. The average Bonchev–Trinajstić information content (AvgIpc) is 2.80. The van der Waals surface area contributed by atoms with Gasteiger partial charge in [0.05, 0.1) is 0 Å². The van der Waals surface area contributed by atoms with E-state index in [4.69, 9.17) is 0 Å². The quantitative estimate of drug-likeness (QED) is 0.214. The fourth-order valence-electron chi connectivity index (χ4n) is 8.31. The van der Waals surface area contributed by atoms with Gasteiger partial charge in [0.25, 0.3) is 0 Å². The summed E-state index contributed by atoms with van der Waals surface area (Å²) >= 11 is 3.55. The number of rotatable bonds is 4. The van der Waals surface area contributed by atoms with Crippen molar-refractivity contribution in [1.29, 1.82) is 0 Å². The van der Waals surface area contributed by atoms with Crippen LogP contribution in [0, 0.1) is 0 Å². The third-order valence-corrected chi connectivity index (χ3v) is 25.1. The molecule has 0 bridgehead atoms. The van der Waals surface area contributed by atoms with Gasteiger partial charge in [0.15, 0.2) is 0 Å². The molecule has 2 aliphatic carbocycles. The van der Waals surface area contributed by atoms with Gasteiger partial charge in [0.2, 0.25) is 0 Å². The van der Waals surface area contributed by atoms with Crippen LogP contribution in [0.5, 0.6) is 0 Å². The van der Waals surface area contributed by atoms with Crippen LogP contribution in [0.3, 0.4) is 0 Å². The van der Waals surface area contributed by atoms with E-state index in [0.717, 1.165) is 0 Å². The van der Waals surface area contributed by atoms with E-state index in [0.29, 0.717) is 22.2 Å². The number of hydrogen-bond donors (Lipinski definition) is 0. The van der Waals surface area contributed by atoms with Crippen LogP contribution in [0.25, 0.3) is 0 Å². The van der Waals surface area contributed by atoms with Crippen LogP contribution in [-0.2, 0) is 54.2 Å². The first-order valence-electron chi connectivity index (χ1n) is 15.8. The van der Waals surface area contributed by atoms with Gasteiger partial charge in [0.1, 0.15) is 0 Å². The van der Waals surface area contributed by atoms with E-state index in [1.54, 1.807) is 64.2 Å². The molecule has 0 atom stereocenters. The number of halogens is 1. The van der Waals surface area contributed by atoms with Crippen molar-refractivity contribution in [2.45, 2.75) is 189 Å². The van der Waals surface area contributed by atoms with Gasteiger partial charge in [-0.3, -0.25) is 0 Å². The third-order valence-electron chi connectivity index (χ3n) is 10.5. The Morgan fingerprint density at radius 1 is 0.486 bits per heavy atom. The Balaban J connectivity index is 0.000000368. The summed E-state index contributed by atoms with van der Waals surface area (Å²) in [6.07, 6.45) is 25.7. The van der Waals surface area contributed by atoms with Crippen molar-refractivity contribution in [3.63, 3.8) is 0 Å². The van der Waals surface area contributed by atoms with Crippen LogP contribution in [0.15, 0.2) is 0 Å². The normalized spacial score (nSPS) is 27.6. The maximum atomic E-state index is 4.64. The molecule has 0 aromatic carbocycles. The molecule has 0 radical (unpaired) electrons. The molecular formula is C31H61ClN2Zn3. The standard InChI is InChI=1S/2C9H18N.2C6H11.CH3Cl.3Zn/c2*1-8(2)6-5-7-9(3,4)10-8;2*1-2-4-6-5-3-1;1-2;;;/h2*5-7H2,1-4H3;2*1H,2-6H2;1H3;;;/q2*-1;;;;;;+2. The average molecular weight is 693 g/mol. The second-order valence-corrected chi connectivity index (χ2v) is 24.3. The maximum Gasteiger partial charge on any atom is 0.0108 e. The largest absolute Gasteiger partial charge is 0.130 e. The Morgan fingerprint density at radius 3 is 1.03 bits per heavy atom. The van der Waals surface area contributed by atoms with E-state index in [9.17, 15) is 0 Å². The fraction of sp³-hybridized carbons (Fsp3) is 1.00. The van der Waals surface area contributed by atoms with Gasteiger partial charge in [-0.1, -0.05) is 0 Å². The first-order valence-corrected chi connectivity index (χ1v) is 22.6. The summed E-state index contributed by atoms with van der Waals surface area (Å²) in [7, 11) is 0. The van der Waals surface area contributed by atoms with E-state index >= 15 is 0 Å². The molecule has 0 N–H and O–H groups in total. The zero-order valence-corrected chi connectivity index (χ0v) is 36.5. The van der Waals surface area contributed by atoms with Crippen LogP contribution >= 0.6 is 11.6 Å². The summed E-state index contributed by atoms with van der Waals surface area (Å²) in [6.45, 7) is 19.9. The Bertz CT molecular complexity index is 542. The molecule has 0 aromatic rings. The first kappa shape index (κ1) is 37.1. The van der Waals surface area contributed by atoms with Crippen LogP contribution in [0.4, 0.5) is 0 Å². The van der Waals surface area contributed by atoms with E-state index in [-0.39, 0.29) is 36.6 Å². The molecular weight excluding hydrogens is 632 g/mol. The molecule has 4 fully saturated rings. The Labute approximate surface area is 266 Å². The Kier molecular flexibility index (Phi) is 16.7. The van der Waals surface area contributed by atoms with Crippen molar-refractivity contribution in [3.05, 3.63) is 0 Å². The minimum absolute atomic E-state index is 0. The van der Waals surface area contributed by atoms with Crippen LogP contribution in [0.1, 0.15) is 158 Å². The molecule has 0 spiro atoms. The second-order valence-electron chi connectivity index (χ2n) is 15.2. The first-order chi connectivity index (χ1) is 16.8. The van der Waals surface area contributed by atoms with E-state index < -0.39 is 17.6 Å². The molecule has 4 aliphatic rings. The smallest absolute Gasteiger partial charge is 0.0108 e. The molecule has 0 aromatic heterocycles. The van der Waals surface area contributed by atoms with Crippen molar-refractivity contribution >= 4 is 11.6 Å². The molecule has 2 nitrogen and oxygen atoms in total. The summed E-state index contributed by atoms with van der Waals surface area (Å²) in [5.41, 5.74) is 1.58. The monoisotopic (exact) mass is 688 g/mol. The van der Waals surface area contributed by atoms with Crippen molar-refractivity contribution in [1.82, 2.24) is 7.29 Å². The summed E-state index contributed by atoms with van der Waals surface area (Å²) < 4.78 is 8.57. The molecule has 2 heterocycles. The SMILES string of the molecule is C1CC[CH]([Zn][CH]2CCCCC2)CC1.CC1(C)CCCC(C)(C)[N]1[Zn][N]1C(C)(C)CCCC1(C)C.CCl.[Zn]. The van der Waals surface area contributed by atoms with Gasteiger partial charge in [-0.05, 0) is 0 Å². The zero-order valence-electron chi connectivity index (χ0n) is 26.9. The van der Waals surface area contributed by atoms with Gasteiger partial charge in [-0.2, -0.15) is 0 Å². The molecule has 0 unspecified atom stereocenters. The van der Waals surface area contributed by atoms with Gasteiger partial charge >= 0.3 is 231 Å². The Hall–Kier alpha value is 2.08. The molecule has 4 rings (SSSR count). The van der Waals surface area contributed by atoms with Crippen molar-refractivity contribution in [2.24, 2.45) is 0 Å². The van der Waals surface area contributed by atoms with Crippen LogP contribution in [-0.4, -0.2) is 35.8 Å². The van der Waals surface area contributed by atoms with E-state index in [2.05, 4.69) is 74.3 Å². The van der Waals surface area contributed by atoms with Crippen molar-refractivity contribution < 1.29 is 54.2 Å². The predicted molar refractivity (Wildman–Crippen MR) is 153 cm³/mol. The molecule has 37 heavy (non-hydrogen) atoms. The zero-order chi connectivity index (χ0) is 27.0. The summed E-state index contributed by atoms with van der Waals surface area (Å²) in [5, 5.41) is 0. The number of nitrogens with zero attached hydrogens (tertiary/aromatic N) is 2. The summed E-state index contributed by atoms with van der Waals surface area (Å²) in [5.74, 6) is 0. The summed E-state index contributed by atoms with van der Waals surface area (Å²) in [6, 6.07) is 0.